The SMILES string of the molecule is CC(C)(C)OC(=O)N1C[C@@H](N2CCCc3cc(C#N)cc(-c4ccnc5cc(CO)sc45)c32)C[C@@H]1CO[Si](C)(C)C(C)(C)C. The van der Waals surface area contributed by atoms with Crippen LogP contribution in [0.25, 0.3) is 21.3 Å². The lowest BCUT2D eigenvalue weighted by atomic mass is 9.90. The zero-order chi connectivity index (χ0) is 32.0. The number of hydrogen-bond acceptors (Lipinski definition) is 8. The molecule has 4 heterocycles. The molecule has 10 heteroatoms. The minimum absolute atomic E-state index is 0.0379. The largest absolute Gasteiger partial charge is 0.444 e. The van der Waals surface area contributed by atoms with Crippen molar-refractivity contribution >= 4 is 41.7 Å². The Morgan fingerprint density at radius 2 is 1.93 bits per heavy atom. The molecule has 3 aromatic rings. The zero-order valence-electron chi connectivity index (χ0n) is 27.4. The number of carbonyl (C=O) groups excluding carboxylic acids is 1. The maximum atomic E-state index is 13.6. The number of hydrogen-bond donors (Lipinski definition) is 1. The van der Waals surface area contributed by atoms with Crippen LogP contribution in [0.5, 0.6) is 0 Å². The summed E-state index contributed by atoms with van der Waals surface area (Å²) in [5.74, 6) is 0. The van der Waals surface area contributed by atoms with E-state index in [1.165, 1.54) is 0 Å². The van der Waals surface area contributed by atoms with Gasteiger partial charge in [-0.05, 0) is 88.0 Å². The van der Waals surface area contributed by atoms with Gasteiger partial charge in [0.25, 0.3) is 0 Å². The molecule has 0 bridgehead atoms. The molecule has 0 aliphatic carbocycles. The third-order valence-electron chi connectivity index (χ3n) is 9.26. The van der Waals surface area contributed by atoms with Gasteiger partial charge in [-0.3, -0.25) is 4.98 Å². The Labute approximate surface area is 266 Å². The van der Waals surface area contributed by atoms with E-state index < -0.39 is 13.9 Å². The molecule has 0 saturated carbocycles. The van der Waals surface area contributed by atoms with Crippen LogP contribution < -0.4 is 4.90 Å². The smallest absolute Gasteiger partial charge is 0.410 e. The van der Waals surface area contributed by atoms with Crippen LogP contribution >= 0.6 is 11.3 Å². The molecule has 236 valence electrons. The van der Waals surface area contributed by atoms with Crippen molar-refractivity contribution in [3.8, 4) is 17.2 Å². The van der Waals surface area contributed by atoms with Gasteiger partial charge in [0.2, 0.25) is 0 Å². The van der Waals surface area contributed by atoms with Crippen molar-refractivity contribution < 1.29 is 19.1 Å². The Kier molecular flexibility index (Phi) is 8.90. The summed E-state index contributed by atoms with van der Waals surface area (Å²) >= 11 is 1.54. The van der Waals surface area contributed by atoms with E-state index >= 15 is 0 Å². The number of fused-ring (bicyclic) bond motifs is 2. The number of ether oxygens (including phenoxy) is 1. The van der Waals surface area contributed by atoms with Gasteiger partial charge in [0.1, 0.15) is 5.60 Å². The van der Waals surface area contributed by atoms with Gasteiger partial charge in [0.15, 0.2) is 8.32 Å². The first-order valence-corrected chi connectivity index (χ1v) is 19.3. The third-order valence-corrected chi connectivity index (χ3v) is 14.9. The predicted octanol–water partition coefficient (Wildman–Crippen LogP) is 7.48. The lowest BCUT2D eigenvalue weighted by Crippen LogP contribution is -2.47. The molecule has 0 unspecified atom stereocenters. The van der Waals surface area contributed by atoms with E-state index in [-0.39, 0.29) is 29.8 Å². The second-order valence-corrected chi connectivity index (χ2v) is 20.6. The number of anilines is 1. The van der Waals surface area contributed by atoms with Crippen LogP contribution in [0.2, 0.25) is 18.1 Å². The highest BCUT2D eigenvalue weighted by atomic mass is 32.1. The van der Waals surface area contributed by atoms with Crippen LogP contribution in [-0.2, 0) is 22.2 Å². The summed E-state index contributed by atoms with van der Waals surface area (Å²) in [7, 11) is -2.04. The monoisotopic (exact) mass is 634 g/mol. The van der Waals surface area contributed by atoms with E-state index in [0.29, 0.717) is 18.7 Å². The summed E-state index contributed by atoms with van der Waals surface area (Å²) in [4.78, 5) is 23.4. The second kappa shape index (κ2) is 12.1. The highest BCUT2D eigenvalue weighted by Gasteiger charge is 2.44. The van der Waals surface area contributed by atoms with E-state index in [1.54, 1.807) is 17.5 Å². The topological polar surface area (TPSA) is 98.9 Å². The number of aliphatic hydroxyl groups is 1. The maximum Gasteiger partial charge on any atom is 0.410 e. The van der Waals surface area contributed by atoms with E-state index in [1.807, 2.05) is 49.9 Å². The molecule has 2 aromatic heterocycles. The van der Waals surface area contributed by atoms with E-state index in [4.69, 9.17) is 9.16 Å². The van der Waals surface area contributed by atoms with E-state index in [0.717, 1.165) is 63.3 Å². The number of nitrogens with zero attached hydrogens (tertiary/aromatic N) is 4. The van der Waals surface area contributed by atoms with Crippen LogP contribution in [0, 0.1) is 11.3 Å². The molecule has 2 atom stereocenters. The van der Waals surface area contributed by atoms with Crippen LogP contribution in [0.1, 0.15) is 70.4 Å². The van der Waals surface area contributed by atoms with Crippen molar-refractivity contribution in [2.24, 2.45) is 0 Å². The molecule has 2 aliphatic rings. The summed E-state index contributed by atoms with van der Waals surface area (Å²) < 4.78 is 13.6. The molecule has 1 fully saturated rings. The second-order valence-electron chi connectivity index (χ2n) is 14.6. The van der Waals surface area contributed by atoms with Gasteiger partial charge in [-0.1, -0.05) is 20.8 Å². The molecule has 2 aliphatic heterocycles. The van der Waals surface area contributed by atoms with Crippen molar-refractivity contribution in [1.29, 1.82) is 5.26 Å². The van der Waals surface area contributed by atoms with E-state index in [9.17, 15) is 15.2 Å². The average molecular weight is 635 g/mol. The van der Waals surface area contributed by atoms with Gasteiger partial charge in [0, 0.05) is 47.0 Å². The van der Waals surface area contributed by atoms with Gasteiger partial charge in [-0.2, -0.15) is 5.26 Å². The lowest BCUT2D eigenvalue weighted by Gasteiger charge is -2.38. The molecule has 0 radical (unpaired) electrons. The summed E-state index contributed by atoms with van der Waals surface area (Å²) in [5, 5.41) is 19.9. The minimum Gasteiger partial charge on any atom is -0.444 e. The minimum atomic E-state index is -2.04. The Hall–Kier alpha value is -2.97. The third kappa shape index (κ3) is 6.52. The molecular formula is C34H46N4O4SSi. The highest BCUT2D eigenvalue weighted by Crippen LogP contribution is 2.45. The molecule has 1 N–H and O–H groups in total. The Morgan fingerprint density at radius 1 is 1.18 bits per heavy atom. The summed E-state index contributed by atoms with van der Waals surface area (Å²) in [5.41, 5.74) is 5.17. The van der Waals surface area contributed by atoms with E-state index in [2.05, 4.69) is 49.8 Å². The fourth-order valence-corrected chi connectivity index (χ4v) is 8.07. The lowest BCUT2D eigenvalue weighted by molar-refractivity contribution is 0.0180. The number of carbonyl (C=O) groups is 1. The first-order valence-electron chi connectivity index (χ1n) is 15.6. The average Bonchev–Trinajstić information content (AvgIpc) is 3.58. The number of amides is 1. The predicted molar refractivity (Wildman–Crippen MR) is 180 cm³/mol. The van der Waals surface area contributed by atoms with Gasteiger partial charge < -0.3 is 24.1 Å². The van der Waals surface area contributed by atoms with Gasteiger partial charge >= 0.3 is 6.09 Å². The van der Waals surface area contributed by atoms with Gasteiger partial charge in [-0.15, -0.1) is 11.3 Å². The normalized spacial score (nSPS) is 19.3. The molecular weight excluding hydrogens is 589 g/mol. The molecule has 1 aromatic carbocycles. The van der Waals surface area contributed by atoms with Crippen LogP contribution in [0.3, 0.4) is 0 Å². The Bertz CT molecular complexity index is 1580. The van der Waals surface area contributed by atoms with Crippen molar-refractivity contribution in [1.82, 2.24) is 9.88 Å². The number of nitriles is 1. The fraction of sp³-hybridized carbons (Fsp3) is 0.559. The number of rotatable bonds is 6. The number of likely N-dealkylation sites (tertiary alicyclic amines) is 1. The van der Waals surface area contributed by atoms with Gasteiger partial charge in [-0.25, -0.2) is 4.79 Å². The molecule has 5 rings (SSSR count). The summed E-state index contributed by atoms with van der Waals surface area (Å²) in [6.07, 6.45) is 4.13. The van der Waals surface area contributed by atoms with Crippen LogP contribution in [-0.4, -0.2) is 66.8 Å². The summed E-state index contributed by atoms with van der Waals surface area (Å²) in [6, 6.07) is 10.3. The highest BCUT2D eigenvalue weighted by molar-refractivity contribution is 7.19. The van der Waals surface area contributed by atoms with Crippen molar-refractivity contribution in [3.63, 3.8) is 0 Å². The first-order chi connectivity index (χ1) is 20.6. The van der Waals surface area contributed by atoms with Crippen LogP contribution in [0.15, 0.2) is 30.5 Å². The quantitative estimate of drug-likeness (QED) is 0.281. The molecule has 1 amide bonds. The Balaban J connectivity index is 1.55. The number of aromatic nitrogens is 1. The Morgan fingerprint density at radius 3 is 2.59 bits per heavy atom. The van der Waals surface area contributed by atoms with Crippen molar-refractivity contribution in [2.75, 3.05) is 24.6 Å². The maximum absolute atomic E-state index is 13.6. The molecule has 0 spiro atoms. The zero-order valence-corrected chi connectivity index (χ0v) is 29.2. The number of thiophene rings is 1. The number of aliphatic hydroxyl groups excluding tert-OH is 1. The summed E-state index contributed by atoms with van der Waals surface area (Å²) in [6.45, 7) is 18.8. The first kappa shape index (κ1) is 32.4. The van der Waals surface area contributed by atoms with Gasteiger partial charge in [0.05, 0.1) is 41.1 Å². The molecule has 44 heavy (non-hydrogen) atoms. The fourth-order valence-electron chi connectivity index (χ4n) is 6.03. The molecule has 1 saturated heterocycles. The number of pyridine rings is 1. The molecule has 8 nitrogen and oxygen atoms in total. The standard InChI is InChI=1S/C34H46N4O4SSi/c1-33(2,3)42-32(40)38-19-24(16-25(38)21-41-44(7,8)34(4,5)6)37-13-9-10-23-14-22(18-35)15-28(30(23)37)27-11-12-36-29-17-26(20-39)43-31(27)29/h11-12,14-15,17,24-25,39H,9-10,13,16,19-21H2,1-8H3/t24-,25+/m0/s1. The number of aryl methyl sites for hydroxylation is 1. The van der Waals surface area contributed by atoms with Crippen molar-refractivity contribution in [3.05, 3.63) is 46.5 Å². The van der Waals surface area contributed by atoms with Crippen molar-refractivity contribution in [2.45, 2.75) is 103 Å². The number of benzene rings is 1. The van der Waals surface area contributed by atoms with Crippen LogP contribution in [0.4, 0.5) is 10.5 Å².